The van der Waals surface area contributed by atoms with E-state index in [1.54, 1.807) is 0 Å². The van der Waals surface area contributed by atoms with Crippen LogP contribution in [0.2, 0.25) is 0 Å². The zero-order valence-electron chi connectivity index (χ0n) is 11.2. The molecule has 0 radical (unpaired) electrons. The van der Waals surface area contributed by atoms with Crippen LogP contribution in [-0.4, -0.2) is 29.6 Å². The molecular weight excluding hydrogens is 244 g/mol. The van der Waals surface area contributed by atoms with Crippen molar-refractivity contribution in [1.29, 1.82) is 0 Å². The minimum absolute atomic E-state index is 0.0252. The zero-order chi connectivity index (χ0) is 13.7. The van der Waals surface area contributed by atoms with Crippen LogP contribution in [0.4, 0.5) is 0 Å². The number of carbonyl (C=O) groups is 2. The van der Waals surface area contributed by atoms with Gasteiger partial charge in [-0.25, -0.2) is 0 Å². The van der Waals surface area contributed by atoms with E-state index >= 15 is 0 Å². The predicted octanol–water partition coefficient (Wildman–Crippen LogP) is 1.39. The maximum absolute atomic E-state index is 12.1. The Balaban J connectivity index is 2.07. The normalized spacial score (nSPS) is 37.7. The molecule has 1 aliphatic heterocycles. The second-order valence-electron chi connectivity index (χ2n) is 5.81. The monoisotopic (exact) mass is 262 g/mol. The minimum atomic E-state index is -0.278. The van der Waals surface area contributed by atoms with Crippen molar-refractivity contribution in [2.75, 3.05) is 6.61 Å². The van der Waals surface area contributed by atoms with Crippen molar-refractivity contribution >= 4 is 11.8 Å². The van der Waals surface area contributed by atoms with Gasteiger partial charge in [0.2, 0.25) is 0 Å². The average Bonchev–Trinajstić information content (AvgIpc) is 2.80. The number of fused-ring (bicyclic) bond motifs is 3. The molecular formula is C15H18O4. The van der Waals surface area contributed by atoms with E-state index in [0.29, 0.717) is 5.57 Å². The quantitative estimate of drug-likeness (QED) is 0.725. The number of aliphatic hydroxyl groups is 1. The smallest absolute Gasteiger partial charge is 0.309 e. The number of allylic oxidation sites excluding steroid dienone is 2. The van der Waals surface area contributed by atoms with E-state index in [4.69, 9.17) is 4.74 Å². The number of carbonyl (C=O) groups excluding carboxylic acids is 2. The summed E-state index contributed by atoms with van der Waals surface area (Å²) in [6.45, 7) is 3.72. The molecule has 4 nitrogen and oxygen atoms in total. The molecule has 102 valence electrons. The molecule has 4 atom stereocenters. The second kappa shape index (κ2) is 4.30. The lowest BCUT2D eigenvalue weighted by molar-refractivity contribution is -0.145. The fraction of sp³-hybridized carbons (Fsp3) is 0.600. The molecule has 0 spiro atoms. The Labute approximate surface area is 112 Å². The molecule has 1 saturated heterocycles. The van der Waals surface area contributed by atoms with Crippen molar-refractivity contribution in [2.45, 2.75) is 32.8 Å². The summed E-state index contributed by atoms with van der Waals surface area (Å²) in [6, 6.07) is 0. The number of hydrogen-bond donors (Lipinski definition) is 1. The van der Waals surface area contributed by atoms with E-state index in [9.17, 15) is 14.7 Å². The van der Waals surface area contributed by atoms with E-state index in [1.807, 2.05) is 13.8 Å². The first kappa shape index (κ1) is 12.6. The van der Waals surface area contributed by atoms with Crippen molar-refractivity contribution in [3.8, 4) is 0 Å². The van der Waals surface area contributed by atoms with Gasteiger partial charge in [-0.3, -0.25) is 9.59 Å². The van der Waals surface area contributed by atoms with Gasteiger partial charge in [0.1, 0.15) is 6.10 Å². The Morgan fingerprint density at radius 1 is 1.42 bits per heavy atom. The number of ketones is 1. The van der Waals surface area contributed by atoms with Gasteiger partial charge in [-0.1, -0.05) is 12.5 Å². The van der Waals surface area contributed by atoms with Crippen LogP contribution >= 0.6 is 0 Å². The van der Waals surface area contributed by atoms with Crippen LogP contribution in [0.15, 0.2) is 22.8 Å². The summed E-state index contributed by atoms with van der Waals surface area (Å²) < 4.78 is 5.52. The summed E-state index contributed by atoms with van der Waals surface area (Å²) in [7, 11) is 0. The summed E-state index contributed by atoms with van der Waals surface area (Å²) in [4.78, 5) is 23.9. The third-order valence-corrected chi connectivity index (χ3v) is 4.80. The molecule has 3 aliphatic rings. The highest BCUT2D eigenvalue weighted by Crippen LogP contribution is 2.47. The molecule has 2 aliphatic carbocycles. The van der Waals surface area contributed by atoms with Crippen LogP contribution in [0, 0.1) is 17.8 Å². The van der Waals surface area contributed by atoms with Gasteiger partial charge in [0.15, 0.2) is 5.78 Å². The standard InChI is InChI=1S/C15H18O4/c1-7-3-4-10-8(2)15(18)19-14(10)13-9(6-16)5-11(17)12(7)13/h5,8,10,13-14,16H,3-4,6H2,1-2H3/t8-,10-,13+,14+/m1/s1. The zero-order valence-corrected chi connectivity index (χ0v) is 11.2. The average molecular weight is 262 g/mol. The molecule has 1 fully saturated rings. The Hall–Kier alpha value is -1.42. The van der Waals surface area contributed by atoms with Crippen LogP contribution in [0.5, 0.6) is 0 Å². The first-order valence-electron chi connectivity index (χ1n) is 6.80. The lowest BCUT2D eigenvalue weighted by atomic mass is 9.81. The highest BCUT2D eigenvalue weighted by Gasteiger charge is 2.51. The fourth-order valence-corrected chi connectivity index (χ4v) is 3.71. The van der Waals surface area contributed by atoms with Crippen LogP contribution in [0.25, 0.3) is 0 Å². The van der Waals surface area contributed by atoms with E-state index < -0.39 is 0 Å². The van der Waals surface area contributed by atoms with Crippen molar-refractivity contribution in [3.63, 3.8) is 0 Å². The summed E-state index contributed by atoms with van der Waals surface area (Å²) >= 11 is 0. The Kier molecular flexibility index (Phi) is 2.86. The molecule has 19 heavy (non-hydrogen) atoms. The Bertz CT molecular complexity index is 514. The maximum Gasteiger partial charge on any atom is 0.309 e. The summed E-state index contributed by atoms with van der Waals surface area (Å²) in [5, 5.41) is 9.47. The van der Waals surface area contributed by atoms with Gasteiger partial charge in [0.25, 0.3) is 0 Å². The van der Waals surface area contributed by atoms with Gasteiger partial charge in [-0.15, -0.1) is 0 Å². The predicted molar refractivity (Wildman–Crippen MR) is 68.1 cm³/mol. The fourth-order valence-electron chi connectivity index (χ4n) is 3.71. The molecule has 0 bridgehead atoms. The lowest BCUT2D eigenvalue weighted by Gasteiger charge is -2.25. The maximum atomic E-state index is 12.1. The molecule has 0 unspecified atom stereocenters. The molecule has 0 amide bonds. The topological polar surface area (TPSA) is 63.6 Å². The Morgan fingerprint density at radius 2 is 2.16 bits per heavy atom. The number of aliphatic hydroxyl groups excluding tert-OH is 1. The van der Waals surface area contributed by atoms with Gasteiger partial charge in [-0.05, 0) is 31.4 Å². The third-order valence-electron chi connectivity index (χ3n) is 4.80. The van der Waals surface area contributed by atoms with Crippen LogP contribution < -0.4 is 0 Å². The largest absolute Gasteiger partial charge is 0.461 e. The van der Waals surface area contributed by atoms with Crippen LogP contribution in [0.3, 0.4) is 0 Å². The Morgan fingerprint density at radius 3 is 2.84 bits per heavy atom. The van der Waals surface area contributed by atoms with Crippen molar-refractivity contribution in [3.05, 3.63) is 22.8 Å². The highest BCUT2D eigenvalue weighted by atomic mass is 16.6. The summed E-state index contributed by atoms with van der Waals surface area (Å²) in [5.41, 5.74) is 2.52. The molecule has 1 heterocycles. The third kappa shape index (κ3) is 1.70. The number of ether oxygens (including phenoxy) is 1. The van der Waals surface area contributed by atoms with Crippen molar-refractivity contribution in [1.82, 2.24) is 0 Å². The second-order valence-corrected chi connectivity index (χ2v) is 5.81. The molecule has 0 aromatic carbocycles. The number of rotatable bonds is 1. The molecule has 0 aromatic rings. The molecule has 4 heteroatoms. The van der Waals surface area contributed by atoms with Gasteiger partial charge in [0, 0.05) is 17.4 Å². The van der Waals surface area contributed by atoms with Gasteiger partial charge in [0.05, 0.1) is 12.5 Å². The van der Waals surface area contributed by atoms with E-state index in [0.717, 1.165) is 24.0 Å². The summed E-state index contributed by atoms with van der Waals surface area (Å²) in [5.74, 6) is -0.397. The molecule has 0 aromatic heterocycles. The first-order chi connectivity index (χ1) is 9.04. The molecule has 0 saturated carbocycles. The number of esters is 1. The molecule has 1 N–H and O–H groups in total. The van der Waals surface area contributed by atoms with Gasteiger partial charge < -0.3 is 9.84 Å². The highest BCUT2D eigenvalue weighted by molar-refractivity contribution is 6.09. The lowest BCUT2D eigenvalue weighted by Crippen LogP contribution is -2.29. The van der Waals surface area contributed by atoms with Crippen LogP contribution in [-0.2, 0) is 14.3 Å². The number of hydrogen-bond acceptors (Lipinski definition) is 4. The first-order valence-corrected chi connectivity index (χ1v) is 6.80. The van der Waals surface area contributed by atoms with Gasteiger partial charge >= 0.3 is 5.97 Å². The van der Waals surface area contributed by atoms with Crippen molar-refractivity contribution in [2.24, 2.45) is 17.8 Å². The SMILES string of the molecule is CC1=C2C(=O)C=C(CO)[C@@H]2[C@H]2OC(=O)[C@H](C)[C@H]2CC1. The van der Waals surface area contributed by atoms with Crippen molar-refractivity contribution < 1.29 is 19.4 Å². The van der Waals surface area contributed by atoms with E-state index in [1.165, 1.54) is 6.08 Å². The van der Waals surface area contributed by atoms with Gasteiger partial charge in [-0.2, -0.15) is 0 Å². The summed E-state index contributed by atoms with van der Waals surface area (Å²) in [6.07, 6.45) is 2.93. The van der Waals surface area contributed by atoms with E-state index in [2.05, 4.69) is 0 Å². The van der Waals surface area contributed by atoms with Crippen LogP contribution in [0.1, 0.15) is 26.7 Å². The van der Waals surface area contributed by atoms with E-state index in [-0.39, 0.29) is 42.2 Å². The molecule has 3 rings (SSSR count). The minimum Gasteiger partial charge on any atom is -0.461 e.